The molecule has 0 saturated heterocycles. The molecule has 0 radical (unpaired) electrons. The third-order valence-electron chi connectivity index (χ3n) is 2.16. The van der Waals surface area contributed by atoms with Crippen molar-refractivity contribution in [3.63, 3.8) is 0 Å². The van der Waals surface area contributed by atoms with Gasteiger partial charge in [-0.1, -0.05) is 95.3 Å². The van der Waals surface area contributed by atoms with E-state index in [1.165, 1.54) is 16.7 Å². The molecular formula is C18H28. The molecule has 0 nitrogen and oxygen atoms in total. The number of benzene rings is 2. The minimum Gasteiger partial charge on any atom is -0.0776 e. The summed E-state index contributed by atoms with van der Waals surface area (Å²) in [6, 6.07) is 19.0. The summed E-state index contributed by atoms with van der Waals surface area (Å²) in [6.45, 7) is 10.1. The van der Waals surface area contributed by atoms with Crippen LogP contribution >= 0.6 is 0 Å². The van der Waals surface area contributed by atoms with Crippen LogP contribution in [-0.2, 0) is 0 Å². The lowest BCUT2D eigenvalue weighted by atomic mass is 10.0. The Hall–Kier alpha value is -1.56. The first-order valence-corrected chi connectivity index (χ1v) is 6.48. The van der Waals surface area contributed by atoms with E-state index in [9.17, 15) is 0 Å². The fourth-order valence-corrected chi connectivity index (χ4v) is 1.38. The maximum absolute atomic E-state index is 2.16. The highest BCUT2D eigenvalue weighted by Gasteiger charge is 1.93. The quantitative estimate of drug-likeness (QED) is 0.548. The van der Waals surface area contributed by atoms with Crippen molar-refractivity contribution >= 4 is 0 Å². The number of hydrogen-bond acceptors (Lipinski definition) is 0. The maximum atomic E-state index is 2.16. The summed E-state index contributed by atoms with van der Waals surface area (Å²) in [6.07, 6.45) is 0. The minimum absolute atomic E-state index is 0. The van der Waals surface area contributed by atoms with Crippen molar-refractivity contribution in [1.82, 2.24) is 0 Å². The number of aryl methyl sites for hydroxylation is 1. The van der Waals surface area contributed by atoms with E-state index in [1.54, 1.807) is 0 Å². The van der Waals surface area contributed by atoms with Crippen LogP contribution in [0.3, 0.4) is 0 Å². The molecule has 0 aliphatic carbocycles. The smallest absolute Gasteiger partial charge is 0.0184 e. The Morgan fingerprint density at radius 3 is 1.39 bits per heavy atom. The van der Waals surface area contributed by atoms with E-state index in [0.717, 1.165) is 0 Å². The van der Waals surface area contributed by atoms with Crippen molar-refractivity contribution in [2.24, 2.45) is 0 Å². The largest absolute Gasteiger partial charge is 0.0776 e. The van der Waals surface area contributed by atoms with Crippen LogP contribution in [0.5, 0.6) is 0 Å². The molecule has 0 aliphatic rings. The van der Waals surface area contributed by atoms with Crippen molar-refractivity contribution in [2.75, 3.05) is 0 Å². The van der Waals surface area contributed by atoms with E-state index in [1.807, 2.05) is 33.8 Å². The highest BCUT2D eigenvalue weighted by atomic mass is 14.0. The van der Waals surface area contributed by atoms with Gasteiger partial charge in [0.15, 0.2) is 0 Å². The highest BCUT2D eigenvalue weighted by molar-refractivity contribution is 5.63. The van der Waals surface area contributed by atoms with Crippen molar-refractivity contribution in [3.05, 3.63) is 60.2 Å². The van der Waals surface area contributed by atoms with Gasteiger partial charge < -0.3 is 0 Å². The Labute approximate surface area is 114 Å². The second-order valence-electron chi connectivity index (χ2n) is 3.23. The van der Waals surface area contributed by atoms with Gasteiger partial charge in [-0.05, 0) is 18.1 Å². The average Bonchev–Trinajstić information content (AvgIpc) is 2.45. The number of hydrogen-bond donors (Lipinski definition) is 0. The molecule has 18 heavy (non-hydrogen) atoms. The molecule has 2 aromatic carbocycles. The van der Waals surface area contributed by atoms with Crippen molar-refractivity contribution in [1.29, 1.82) is 0 Å². The van der Waals surface area contributed by atoms with Gasteiger partial charge in [-0.2, -0.15) is 0 Å². The third-order valence-corrected chi connectivity index (χ3v) is 2.16. The molecular weight excluding hydrogens is 216 g/mol. The Morgan fingerprint density at radius 1 is 0.556 bits per heavy atom. The SMILES string of the molecule is C.CC.CC.Cc1ccc(-c2ccccc2)cc1. The van der Waals surface area contributed by atoms with Gasteiger partial charge >= 0.3 is 0 Å². The monoisotopic (exact) mass is 244 g/mol. The van der Waals surface area contributed by atoms with Crippen molar-refractivity contribution < 1.29 is 0 Å². The van der Waals surface area contributed by atoms with Gasteiger partial charge in [0.05, 0.1) is 0 Å². The summed E-state index contributed by atoms with van der Waals surface area (Å²) in [5, 5.41) is 0. The standard InChI is InChI=1S/C13H12.2C2H6.CH4/c1-11-7-9-13(10-8-11)12-5-3-2-4-6-12;2*1-2;/h2-10H,1H3;2*1-2H3;1H4. The normalized spacial score (nSPS) is 7.83. The molecule has 2 rings (SSSR count). The predicted molar refractivity (Wildman–Crippen MR) is 86.0 cm³/mol. The fraction of sp³-hybridized carbons (Fsp3) is 0.333. The van der Waals surface area contributed by atoms with Gasteiger partial charge in [0, 0.05) is 0 Å². The van der Waals surface area contributed by atoms with Gasteiger partial charge in [0.2, 0.25) is 0 Å². The maximum Gasteiger partial charge on any atom is -0.0184 e. The van der Waals surface area contributed by atoms with E-state index in [4.69, 9.17) is 0 Å². The second-order valence-corrected chi connectivity index (χ2v) is 3.23. The van der Waals surface area contributed by atoms with Crippen LogP contribution in [0.1, 0.15) is 40.7 Å². The first kappa shape index (κ1) is 18.8. The molecule has 0 heteroatoms. The summed E-state index contributed by atoms with van der Waals surface area (Å²) >= 11 is 0. The van der Waals surface area contributed by atoms with Crippen molar-refractivity contribution in [2.45, 2.75) is 42.0 Å². The molecule has 0 saturated carbocycles. The van der Waals surface area contributed by atoms with Crippen LogP contribution in [0.25, 0.3) is 11.1 Å². The molecule has 0 fully saturated rings. The first-order valence-electron chi connectivity index (χ1n) is 6.48. The first-order chi connectivity index (χ1) is 8.36. The van der Waals surface area contributed by atoms with E-state index in [0.29, 0.717) is 0 Å². The molecule has 0 atom stereocenters. The molecule has 0 heterocycles. The second kappa shape index (κ2) is 11.9. The van der Waals surface area contributed by atoms with E-state index >= 15 is 0 Å². The molecule has 2 aromatic rings. The van der Waals surface area contributed by atoms with Gasteiger partial charge in [0.25, 0.3) is 0 Å². The molecule has 0 aromatic heterocycles. The Bertz CT molecular complexity index is 371. The van der Waals surface area contributed by atoms with Gasteiger partial charge in [-0.3, -0.25) is 0 Å². The van der Waals surface area contributed by atoms with Crippen LogP contribution in [-0.4, -0.2) is 0 Å². The van der Waals surface area contributed by atoms with Gasteiger partial charge in [0.1, 0.15) is 0 Å². The molecule has 0 bridgehead atoms. The van der Waals surface area contributed by atoms with Gasteiger partial charge in [-0.15, -0.1) is 0 Å². The van der Waals surface area contributed by atoms with Crippen LogP contribution in [0, 0.1) is 6.92 Å². The summed E-state index contributed by atoms with van der Waals surface area (Å²) in [5.74, 6) is 0. The lowest BCUT2D eigenvalue weighted by molar-refractivity contribution is 1.47. The molecule has 0 aliphatic heterocycles. The molecule has 0 amide bonds. The fourth-order valence-electron chi connectivity index (χ4n) is 1.38. The zero-order valence-electron chi connectivity index (χ0n) is 11.7. The summed E-state index contributed by atoms with van der Waals surface area (Å²) in [7, 11) is 0. The lowest BCUT2D eigenvalue weighted by Crippen LogP contribution is -1.76. The Balaban J connectivity index is 0. The van der Waals surface area contributed by atoms with Crippen LogP contribution in [0.4, 0.5) is 0 Å². The van der Waals surface area contributed by atoms with E-state index < -0.39 is 0 Å². The summed E-state index contributed by atoms with van der Waals surface area (Å²) in [5.41, 5.74) is 3.87. The van der Waals surface area contributed by atoms with E-state index in [-0.39, 0.29) is 7.43 Å². The van der Waals surface area contributed by atoms with Crippen molar-refractivity contribution in [3.8, 4) is 11.1 Å². The topological polar surface area (TPSA) is 0 Å². The van der Waals surface area contributed by atoms with Crippen LogP contribution < -0.4 is 0 Å². The highest BCUT2D eigenvalue weighted by Crippen LogP contribution is 2.18. The lowest BCUT2D eigenvalue weighted by Gasteiger charge is -2.00. The average molecular weight is 244 g/mol. The molecule has 0 unspecified atom stereocenters. The summed E-state index contributed by atoms with van der Waals surface area (Å²) in [4.78, 5) is 0. The predicted octanol–water partition coefficient (Wildman–Crippen LogP) is 6.35. The number of rotatable bonds is 1. The molecule has 100 valence electrons. The zero-order chi connectivity index (χ0) is 13.1. The summed E-state index contributed by atoms with van der Waals surface area (Å²) < 4.78 is 0. The van der Waals surface area contributed by atoms with E-state index in [2.05, 4.69) is 55.5 Å². The Morgan fingerprint density at radius 2 is 0.944 bits per heavy atom. The van der Waals surface area contributed by atoms with Crippen LogP contribution in [0.2, 0.25) is 0 Å². The molecule has 0 N–H and O–H groups in total. The van der Waals surface area contributed by atoms with Crippen LogP contribution in [0.15, 0.2) is 54.6 Å². The van der Waals surface area contributed by atoms with Gasteiger partial charge in [-0.25, -0.2) is 0 Å². The molecule has 0 spiro atoms. The Kier molecular flexibility index (Phi) is 12.4. The third kappa shape index (κ3) is 6.24. The zero-order valence-corrected chi connectivity index (χ0v) is 11.7. The minimum atomic E-state index is 0.